The second-order valence-electron chi connectivity index (χ2n) is 4.00. The first-order valence-electron chi connectivity index (χ1n) is 5.39. The van der Waals surface area contributed by atoms with Crippen LogP contribution >= 0.6 is 0 Å². The molecule has 1 N–H and O–H groups in total. The van der Waals surface area contributed by atoms with E-state index in [1.165, 1.54) is 6.33 Å². The summed E-state index contributed by atoms with van der Waals surface area (Å²) in [6, 6.07) is 7.50. The molecule has 18 heavy (non-hydrogen) atoms. The van der Waals surface area contributed by atoms with Crippen LogP contribution in [0.15, 0.2) is 41.3 Å². The van der Waals surface area contributed by atoms with Crippen molar-refractivity contribution < 1.29 is 14.3 Å². The largest absolute Gasteiger partial charge is 0.476 e. The lowest BCUT2D eigenvalue weighted by Gasteiger charge is -2.01. The Morgan fingerprint density at radius 3 is 2.94 bits per heavy atom. The van der Waals surface area contributed by atoms with Gasteiger partial charge in [-0.1, -0.05) is 18.2 Å². The first-order valence-corrected chi connectivity index (χ1v) is 5.39. The zero-order valence-electron chi connectivity index (χ0n) is 9.62. The third-order valence-corrected chi connectivity index (χ3v) is 2.88. The van der Waals surface area contributed by atoms with E-state index in [2.05, 4.69) is 4.98 Å². The summed E-state index contributed by atoms with van der Waals surface area (Å²) in [5.41, 5.74) is 2.05. The summed E-state index contributed by atoms with van der Waals surface area (Å²) in [5, 5.41) is 10.0. The molecule has 0 radical (unpaired) electrons. The van der Waals surface area contributed by atoms with Crippen LogP contribution in [0.25, 0.3) is 22.2 Å². The van der Waals surface area contributed by atoms with Gasteiger partial charge in [-0.05, 0) is 6.07 Å². The molecule has 3 aromatic rings. The molecular weight excluding hydrogens is 232 g/mol. The van der Waals surface area contributed by atoms with Gasteiger partial charge >= 0.3 is 5.97 Å². The number of rotatable bonds is 2. The predicted molar refractivity (Wildman–Crippen MR) is 65.4 cm³/mol. The molecule has 1 aromatic carbocycles. The minimum Gasteiger partial charge on any atom is -0.476 e. The lowest BCUT2D eigenvalue weighted by atomic mass is 10.1. The highest BCUT2D eigenvalue weighted by Gasteiger charge is 2.20. The lowest BCUT2D eigenvalue weighted by Crippen LogP contribution is -2.00. The number of imidazole rings is 1. The van der Waals surface area contributed by atoms with E-state index in [0.717, 1.165) is 16.5 Å². The average molecular weight is 242 g/mol. The maximum absolute atomic E-state index is 11.2. The number of hydrogen-bond acceptors (Lipinski definition) is 3. The summed E-state index contributed by atoms with van der Waals surface area (Å²) < 4.78 is 7.11. The van der Waals surface area contributed by atoms with Crippen molar-refractivity contribution >= 4 is 16.9 Å². The number of aromatic nitrogens is 2. The second kappa shape index (κ2) is 3.73. The zero-order chi connectivity index (χ0) is 12.7. The Kier molecular flexibility index (Phi) is 2.19. The van der Waals surface area contributed by atoms with Crippen LogP contribution in [0.1, 0.15) is 10.5 Å². The monoisotopic (exact) mass is 242 g/mol. The smallest absolute Gasteiger partial charge is 0.356 e. The van der Waals surface area contributed by atoms with Crippen molar-refractivity contribution in [3.8, 4) is 11.3 Å². The van der Waals surface area contributed by atoms with E-state index in [1.807, 2.05) is 24.3 Å². The molecule has 3 rings (SSSR count). The molecule has 0 fully saturated rings. The molecule has 90 valence electrons. The number of furan rings is 1. The van der Waals surface area contributed by atoms with Crippen molar-refractivity contribution in [3.05, 3.63) is 42.5 Å². The van der Waals surface area contributed by atoms with Crippen LogP contribution in [0.2, 0.25) is 0 Å². The molecule has 0 amide bonds. The van der Waals surface area contributed by atoms with Gasteiger partial charge in [0, 0.05) is 18.0 Å². The minimum atomic E-state index is -1.05. The number of hydrogen-bond donors (Lipinski definition) is 1. The Balaban J connectivity index is 2.33. The number of aromatic carboxylic acids is 1. The minimum absolute atomic E-state index is 0.0315. The Labute approximate surface area is 102 Å². The normalized spacial score (nSPS) is 10.9. The van der Waals surface area contributed by atoms with Gasteiger partial charge in [-0.2, -0.15) is 0 Å². The topological polar surface area (TPSA) is 68.3 Å². The third kappa shape index (κ3) is 1.41. The number of benzene rings is 1. The second-order valence-corrected chi connectivity index (χ2v) is 4.00. The molecule has 2 aromatic heterocycles. The number of nitrogens with zero attached hydrogens (tertiary/aromatic N) is 2. The molecule has 0 aliphatic rings. The van der Waals surface area contributed by atoms with E-state index < -0.39 is 5.97 Å². The summed E-state index contributed by atoms with van der Waals surface area (Å²) in [6.07, 6.45) is 3.05. The van der Waals surface area contributed by atoms with Crippen molar-refractivity contribution in [2.75, 3.05) is 0 Å². The fourth-order valence-electron chi connectivity index (χ4n) is 2.07. The number of carboxylic acid groups (broad SMARTS) is 1. The van der Waals surface area contributed by atoms with E-state index in [9.17, 15) is 4.79 Å². The SMILES string of the molecule is Cn1cnc(C(=O)O)c1-c1coc2ccccc12. The van der Waals surface area contributed by atoms with Crippen molar-refractivity contribution in [3.63, 3.8) is 0 Å². The van der Waals surface area contributed by atoms with E-state index in [0.29, 0.717) is 5.69 Å². The molecule has 0 atom stereocenters. The molecule has 0 unspecified atom stereocenters. The highest BCUT2D eigenvalue weighted by Crippen LogP contribution is 2.31. The fourth-order valence-corrected chi connectivity index (χ4v) is 2.07. The summed E-state index contributed by atoms with van der Waals surface area (Å²) in [4.78, 5) is 15.1. The van der Waals surface area contributed by atoms with E-state index >= 15 is 0 Å². The van der Waals surface area contributed by atoms with Crippen LogP contribution in [0.5, 0.6) is 0 Å². The molecule has 0 spiro atoms. The van der Waals surface area contributed by atoms with Gasteiger partial charge in [-0.3, -0.25) is 0 Å². The first-order chi connectivity index (χ1) is 8.68. The van der Waals surface area contributed by atoms with Gasteiger partial charge in [-0.25, -0.2) is 9.78 Å². The molecule has 0 saturated carbocycles. The van der Waals surface area contributed by atoms with Gasteiger partial charge in [0.15, 0.2) is 5.69 Å². The highest BCUT2D eigenvalue weighted by atomic mass is 16.4. The Hall–Kier alpha value is -2.56. The van der Waals surface area contributed by atoms with Gasteiger partial charge in [0.05, 0.1) is 12.0 Å². The number of aryl methyl sites for hydroxylation is 1. The van der Waals surface area contributed by atoms with Gasteiger partial charge in [0.25, 0.3) is 0 Å². The summed E-state index contributed by atoms with van der Waals surface area (Å²) in [7, 11) is 1.76. The quantitative estimate of drug-likeness (QED) is 0.749. The van der Waals surface area contributed by atoms with Crippen molar-refractivity contribution in [2.45, 2.75) is 0 Å². The van der Waals surface area contributed by atoms with Crippen molar-refractivity contribution in [2.24, 2.45) is 7.05 Å². The Morgan fingerprint density at radius 1 is 1.39 bits per heavy atom. The van der Waals surface area contributed by atoms with Gasteiger partial charge in [0.2, 0.25) is 0 Å². The molecule has 0 saturated heterocycles. The molecule has 5 heteroatoms. The molecule has 0 bridgehead atoms. The van der Waals surface area contributed by atoms with Gasteiger partial charge < -0.3 is 14.1 Å². The van der Waals surface area contributed by atoms with Gasteiger partial charge in [0.1, 0.15) is 11.8 Å². The predicted octanol–water partition coefficient (Wildman–Crippen LogP) is 2.53. The average Bonchev–Trinajstić information content (AvgIpc) is 2.92. The van der Waals surface area contributed by atoms with Crippen LogP contribution < -0.4 is 0 Å². The molecule has 2 heterocycles. The number of fused-ring (bicyclic) bond motifs is 1. The molecule has 5 nitrogen and oxygen atoms in total. The molecular formula is C13H10N2O3. The summed E-state index contributed by atoms with van der Waals surface area (Å²) in [5.74, 6) is -1.05. The van der Waals surface area contributed by atoms with Crippen LogP contribution in [-0.2, 0) is 7.05 Å². The van der Waals surface area contributed by atoms with Crippen molar-refractivity contribution in [1.29, 1.82) is 0 Å². The molecule has 0 aliphatic carbocycles. The van der Waals surface area contributed by atoms with Crippen LogP contribution in [0.3, 0.4) is 0 Å². The van der Waals surface area contributed by atoms with E-state index in [4.69, 9.17) is 9.52 Å². The lowest BCUT2D eigenvalue weighted by molar-refractivity contribution is 0.0692. The maximum atomic E-state index is 11.2. The number of carbonyl (C=O) groups is 1. The van der Waals surface area contributed by atoms with Crippen LogP contribution in [0.4, 0.5) is 0 Å². The highest BCUT2D eigenvalue weighted by molar-refractivity contribution is 6.00. The van der Waals surface area contributed by atoms with Crippen LogP contribution in [-0.4, -0.2) is 20.6 Å². The van der Waals surface area contributed by atoms with Crippen LogP contribution in [0, 0.1) is 0 Å². The number of carboxylic acids is 1. The third-order valence-electron chi connectivity index (χ3n) is 2.88. The Morgan fingerprint density at radius 2 is 2.17 bits per heavy atom. The van der Waals surface area contributed by atoms with E-state index in [1.54, 1.807) is 17.9 Å². The standard InChI is InChI=1S/C13H10N2O3/c1-15-7-14-11(13(16)17)12(15)9-6-18-10-5-3-2-4-8(9)10/h2-7H,1H3,(H,16,17). The first kappa shape index (κ1) is 10.6. The maximum Gasteiger partial charge on any atom is 0.356 e. The fraction of sp³-hybridized carbons (Fsp3) is 0.0769. The zero-order valence-corrected chi connectivity index (χ0v) is 9.62. The summed E-state index contributed by atoms with van der Waals surface area (Å²) >= 11 is 0. The number of para-hydroxylation sites is 1. The van der Waals surface area contributed by atoms with E-state index in [-0.39, 0.29) is 5.69 Å². The summed E-state index contributed by atoms with van der Waals surface area (Å²) in [6.45, 7) is 0. The van der Waals surface area contributed by atoms with Crippen molar-refractivity contribution in [1.82, 2.24) is 9.55 Å². The Bertz CT molecular complexity index is 740. The van der Waals surface area contributed by atoms with Gasteiger partial charge in [-0.15, -0.1) is 0 Å². The molecule has 0 aliphatic heterocycles.